The molecule has 0 aromatic heterocycles. The molecule has 6 heteroatoms. The number of nitro benzene ring substituents is 1. The Morgan fingerprint density at radius 1 is 1.30 bits per heavy atom. The van der Waals surface area contributed by atoms with E-state index in [-0.39, 0.29) is 10.6 Å². The van der Waals surface area contributed by atoms with Crippen LogP contribution in [0.25, 0.3) is 0 Å². The van der Waals surface area contributed by atoms with E-state index in [0.29, 0.717) is 10.8 Å². The monoisotopic (exact) mass is 308 g/mol. The third-order valence-electron chi connectivity index (χ3n) is 2.79. The first-order valence-corrected chi connectivity index (χ1v) is 7.30. The Morgan fingerprint density at radius 3 is 2.70 bits per heavy atom. The summed E-state index contributed by atoms with van der Waals surface area (Å²) in [5, 5.41) is 14.6. The Morgan fingerprint density at radius 2 is 2.05 bits per heavy atom. The Balaban J connectivity index is 2.22. The summed E-state index contributed by atoms with van der Waals surface area (Å²) in [6, 6.07) is 12.4. The zero-order valence-electron chi connectivity index (χ0n) is 10.8. The molecule has 20 heavy (non-hydrogen) atoms. The Hall–Kier alpha value is -1.72. The third kappa shape index (κ3) is 3.43. The van der Waals surface area contributed by atoms with Crippen molar-refractivity contribution in [1.29, 1.82) is 0 Å². The largest absolute Gasteiger partial charge is 0.388 e. The van der Waals surface area contributed by atoms with Crippen molar-refractivity contribution in [2.24, 2.45) is 0 Å². The maximum atomic E-state index is 10.8. The van der Waals surface area contributed by atoms with Crippen LogP contribution in [0.15, 0.2) is 47.4 Å². The Kier molecular flexibility index (Phi) is 4.87. The number of thioether (sulfide) groups is 1. The minimum absolute atomic E-state index is 0.0961. The molecule has 0 saturated heterocycles. The number of non-ortho nitro benzene ring substituents is 1. The van der Waals surface area contributed by atoms with Gasteiger partial charge in [-0.25, -0.2) is 0 Å². The number of hydrogen-bond acceptors (Lipinski definition) is 4. The number of hydrogen-bond donors (Lipinski definition) is 1. The van der Waals surface area contributed by atoms with E-state index in [1.54, 1.807) is 30.9 Å². The molecule has 0 unspecified atom stereocenters. The number of nitrogens with one attached hydrogen (secondary N) is 1. The number of nitrogens with zero attached hydrogens (tertiary/aromatic N) is 1. The summed E-state index contributed by atoms with van der Waals surface area (Å²) in [5.41, 5.74) is 1.86. The van der Waals surface area contributed by atoms with Crippen LogP contribution >= 0.6 is 23.4 Å². The molecule has 0 aliphatic carbocycles. The molecular weight excluding hydrogens is 296 g/mol. The molecule has 0 heterocycles. The minimum atomic E-state index is -0.386. The van der Waals surface area contributed by atoms with E-state index in [9.17, 15) is 10.1 Å². The lowest BCUT2D eigenvalue weighted by atomic mass is 10.2. The topological polar surface area (TPSA) is 55.2 Å². The van der Waals surface area contributed by atoms with Gasteiger partial charge in [-0.3, -0.25) is 10.1 Å². The minimum Gasteiger partial charge on any atom is -0.388 e. The first-order chi connectivity index (χ1) is 9.61. The summed E-state index contributed by atoms with van der Waals surface area (Å²) < 4.78 is 0. The summed E-state index contributed by atoms with van der Waals surface area (Å²) in [6.07, 6.45) is 0. The molecule has 0 aliphatic heterocycles. The first-order valence-electron chi connectivity index (χ1n) is 5.94. The molecule has 0 saturated carbocycles. The second-order valence-corrected chi connectivity index (χ2v) is 5.49. The van der Waals surface area contributed by atoms with Crippen LogP contribution in [-0.4, -0.2) is 12.0 Å². The van der Waals surface area contributed by atoms with Gasteiger partial charge in [-0.1, -0.05) is 23.7 Å². The fourth-order valence-corrected chi connectivity index (χ4v) is 3.00. The highest BCUT2D eigenvalue weighted by atomic mass is 35.5. The van der Waals surface area contributed by atoms with Crippen molar-refractivity contribution in [3.8, 4) is 0 Å². The molecule has 0 spiro atoms. The van der Waals surface area contributed by atoms with E-state index < -0.39 is 0 Å². The van der Waals surface area contributed by atoms with Crippen LogP contribution in [0, 0.1) is 10.1 Å². The number of halogens is 1. The van der Waals surface area contributed by atoms with Gasteiger partial charge in [0, 0.05) is 35.5 Å². The number of anilines is 1. The molecular formula is C14H13ClN2O2S. The van der Waals surface area contributed by atoms with E-state index in [0.717, 1.165) is 16.1 Å². The van der Waals surface area contributed by atoms with E-state index >= 15 is 0 Å². The van der Waals surface area contributed by atoms with Crippen molar-refractivity contribution in [3.05, 3.63) is 63.2 Å². The van der Waals surface area contributed by atoms with Crippen molar-refractivity contribution in [2.75, 3.05) is 12.4 Å². The van der Waals surface area contributed by atoms with Crippen LogP contribution in [0.3, 0.4) is 0 Å². The van der Waals surface area contributed by atoms with Crippen molar-refractivity contribution in [3.63, 3.8) is 0 Å². The normalized spacial score (nSPS) is 10.3. The average molecular weight is 309 g/mol. The molecule has 2 rings (SSSR count). The molecule has 2 aromatic carbocycles. The van der Waals surface area contributed by atoms with Crippen LogP contribution in [0.5, 0.6) is 0 Å². The highest BCUT2D eigenvalue weighted by molar-refractivity contribution is 7.98. The van der Waals surface area contributed by atoms with Gasteiger partial charge in [0.15, 0.2) is 0 Å². The lowest BCUT2D eigenvalue weighted by Gasteiger charge is -2.09. The van der Waals surface area contributed by atoms with E-state index in [1.807, 2.05) is 24.3 Å². The van der Waals surface area contributed by atoms with E-state index in [2.05, 4.69) is 5.32 Å². The van der Waals surface area contributed by atoms with Gasteiger partial charge in [-0.2, -0.15) is 0 Å². The van der Waals surface area contributed by atoms with Crippen molar-refractivity contribution in [2.45, 2.75) is 10.6 Å². The van der Waals surface area contributed by atoms with E-state index in [4.69, 9.17) is 11.6 Å². The lowest BCUT2D eigenvalue weighted by Crippen LogP contribution is -1.96. The molecule has 104 valence electrons. The standard InChI is InChI=1S/C14H13ClN2O2S/c1-16-13-7-6-11(17(18)19)8-10(13)9-20-14-5-3-2-4-12(14)15/h2-8,16H,9H2,1H3. The zero-order chi connectivity index (χ0) is 14.5. The third-order valence-corrected chi connectivity index (χ3v) is 4.35. The van der Waals surface area contributed by atoms with Gasteiger partial charge < -0.3 is 5.32 Å². The Labute approximate surface area is 126 Å². The van der Waals surface area contributed by atoms with Crippen LogP contribution in [0.2, 0.25) is 5.02 Å². The zero-order valence-corrected chi connectivity index (χ0v) is 12.4. The quantitative estimate of drug-likeness (QED) is 0.499. The summed E-state index contributed by atoms with van der Waals surface area (Å²) in [6.45, 7) is 0. The molecule has 0 amide bonds. The van der Waals surface area contributed by atoms with Crippen LogP contribution < -0.4 is 5.32 Å². The Bertz CT molecular complexity index is 634. The maximum absolute atomic E-state index is 10.8. The average Bonchev–Trinajstić information content (AvgIpc) is 2.46. The summed E-state index contributed by atoms with van der Waals surface area (Å²) in [7, 11) is 1.80. The lowest BCUT2D eigenvalue weighted by molar-refractivity contribution is -0.384. The molecule has 0 atom stereocenters. The summed E-state index contributed by atoms with van der Waals surface area (Å²) in [4.78, 5) is 11.4. The van der Waals surface area contributed by atoms with Gasteiger partial charge in [-0.15, -0.1) is 11.8 Å². The molecule has 0 bridgehead atoms. The SMILES string of the molecule is CNc1ccc([N+](=O)[O-])cc1CSc1ccccc1Cl. The predicted molar refractivity (Wildman–Crippen MR) is 83.7 cm³/mol. The maximum Gasteiger partial charge on any atom is 0.269 e. The first kappa shape index (κ1) is 14.7. The molecule has 0 aliphatic rings. The molecule has 2 aromatic rings. The fourth-order valence-electron chi connectivity index (χ4n) is 1.77. The van der Waals surface area contributed by atoms with Crippen molar-refractivity contribution < 1.29 is 4.92 Å². The van der Waals surface area contributed by atoms with Crippen molar-refractivity contribution in [1.82, 2.24) is 0 Å². The van der Waals surface area contributed by atoms with Crippen LogP contribution in [-0.2, 0) is 5.75 Å². The van der Waals surface area contributed by atoms with Gasteiger partial charge >= 0.3 is 0 Å². The summed E-state index contributed by atoms with van der Waals surface area (Å²) in [5.74, 6) is 0.613. The smallest absolute Gasteiger partial charge is 0.269 e. The molecule has 0 radical (unpaired) electrons. The van der Waals surface area contributed by atoms with Gasteiger partial charge in [0.25, 0.3) is 5.69 Å². The van der Waals surface area contributed by atoms with Gasteiger partial charge in [0.2, 0.25) is 0 Å². The van der Waals surface area contributed by atoms with E-state index in [1.165, 1.54) is 6.07 Å². The van der Waals surface area contributed by atoms with Crippen LogP contribution in [0.1, 0.15) is 5.56 Å². The fraction of sp³-hybridized carbons (Fsp3) is 0.143. The highest BCUT2D eigenvalue weighted by Gasteiger charge is 2.11. The van der Waals surface area contributed by atoms with Gasteiger partial charge in [0.1, 0.15) is 0 Å². The summed E-state index contributed by atoms with van der Waals surface area (Å²) >= 11 is 7.66. The molecule has 1 N–H and O–H groups in total. The number of rotatable bonds is 5. The predicted octanol–water partition coefficient (Wildman–Crippen LogP) is 4.58. The molecule has 0 fully saturated rings. The van der Waals surface area contributed by atoms with Gasteiger partial charge in [0.05, 0.1) is 9.95 Å². The van der Waals surface area contributed by atoms with Crippen molar-refractivity contribution >= 4 is 34.7 Å². The second-order valence-electron chi connectivity index (χ2n) is 4.07. The van der Waals surface area contributed by atoms with Crippen LogP contribution in [0.4, 0.5) is 11.4 Å². The number of benzene rings is 2. The van der Waals surface area contributed by atoms with Gasteiger partial charge in [-0.05, 0) is 23.8 Å². The molecule has 4 nitrogen and oxygen atoms in total. The second kappa shape index (κ2) is 6.63. The highest BCUT2D eigenvalue weighted by Crippen LogP contribution is 2.32. The number of nitro groups is 1.